The Hall–Kier alpha value is -1.49. The number of para-hydroxylation sites is 1. The van der Waals surface area contributed by atoms with Crippen molar-refractivity contribution in [3.8, 4) is 5.69 Å². The number of halogens is 4. The van der Waals surface area contributed by atoms with Gasteiger partial charge in [0.2, 0.25) is 0 Å². The maximum Gasteiger partial charge on any atom is 0.435 e. The van der Waals surface area contributed by atoms with Crippen LogP contribution in [0, 0.1) is 0 Å². The van der Waals surface area contributed by atoms with Crippen LogP contribution in [0.2, 0.25) is 5.15 Å². The molecule has 0 radical (unpaired) electrons. The first-order valence-corrected chi connectivity index (χ1v) is 5.73. The van der Waals surface area contributed by atoms with Crippen molar-refractivity contribution in [2.24, 2.45) is 0 Å². The van der Waals surface area contributed by atoms with Gasteiger partial charge >= 0.3 is 6.18 Å². The summed E-state index contributed by atoms with van der Waals surface area (Å²) in [7, 11) is 0. The fourth-order valence-corrected chi connectivity index (χ4v) is 2.07. The normalized spacial score (nSPS) is 11.8. The number of hydrogen-bond donors (Lipinski definition) is 0. The predicted octanol–water partition coefficient (Wildman–Crippen LogP) is 4.11. The first-order valence-electron chi connectivity index (χ1n) is 5.35. The fourth-order valence-electron chi connectivity index (χ4n) is 1.71. The van der Waals surface area contributed by atoms with E-state index in [1.807, 2.05) is 0 Å². The molecule has 0 saturated heterocycles. The largest absolute Gasteiger partial charge is 0.435 e. The molecule has 1 heterocycles. The van der Waals surface area contributed by atoms with Crippen LogP contribution in [0.5, 0.6) is 0 Å². The maximum atomic E-state index is 12.8. The van der Waals surface area contributed by atoms with E-state index in [4.69, 9.17) is 11.6 Å². The van der Waals surface area contributed by atoms with Gasteiger partial charge in [0.25, 0.3) is 0 Å². The Morgan fingerprint density at radius 1 is 1.22 bits per heavy atom. The topological polar surface area (TPSA) is 17.8 Å². The summed E-state index contributed by atoms with van der Waals surface area (Å²) in [5.74, 6) is 0. The summed E-state index contributed by atoms with van der Waals surface area (Å²) in [4.78, 5) is 0. The van der Waals surface area contributed by atoms with E-state index in [-0.39, 0.29) is 17.1 Å². The molecule has 0 fully saturated rings. The van der Waals surface area contributed by atoms with Crippen LogP contribution < -0.4 is 0 Å². The lowest BCUT2D eigenvalue weighted by Gasteiger charge is -2.03. The van der Waals surface area contributed by atoms with E-state index < -0.39 is 11.9 Å². The minimum atomic E-state index is -4.49. The van der Waals surface area contributed by atoms with Crippen LogP contribution in [0.1, 0.15) is 18.2 Å². The second kappa shape index (κ2) is 4.65. The fraction of sp³-hybridized carbons (Fsp3) is 0.250. The first kappa shape index (κ1) is 13.0. The minimum absolute atomic E-state index is 0.0102. The van der Waals surface area contributed by atoms with Crippen molar-refractivity contribution in [1.82, 2.24) is 9.78 Å². The van der Waals surface area contributed by atoms with Crippen LogP contribution >= 0.6 is 11.6 Å². The molecule has 0 aliphatic rings. The molecular weight excluding hydrogens is 265 g/mol. The standard InChI is InChI=1S/C12H10ClF3N2/c1-2-9-10(12(14,15)16)17-18(11(9)13)8-6-4-3-5-7-8/h3-7H,2H2,1H3. The highest BCUT2D eigenvalue weighted by Gasteiger charge is 2.38. The van der Waals surface area contributed by atoms with E-state index in [2.05, 4.69) is 5.10 Å². The van der Waals surface area contributed by atoms with Crippen LogP contribution in [0.4, 0.5) is 13.2 Å². The molecule has 0 saturated carbocycles. The van der Waals surface area contributed by atoms with Gasteiger partial charge in [0.05, 0.1) is 5.69 Å². The van der Waals surface area contributed by atoms with Gasteiger partial charge in [0.15, 0.2) is 5.69 Å². The van der Waals surface area contributed by atoms with Gasteiger partial charge in [-0.15, -0.1) is 0 Å². The molecule has 0 bridgehead atoms. The summed E-state index contributed by atoms with van der Waals surface area (Å²) in [6.07, 6.45) is -4.31. The summed E-state index contributed by atoms with van der Waals surface area (Å²) in [5.41, 5.74) is -0.389. The molecule has 6 heteroatoms. The number of aromatic nitrogens is 2. The van der Waals surface area contributed by atoms with E-state index in [1.165, 1.54) is 0 Å². The lowest BCUT2D eigenvalue weighted by molar-refractivity contribution is -0.141. The Balaban J connectivity index is 2.61. The molecule has 2 nitrogen and oxygen atoms in total. The van der Waals surface area contributed by atoms with Crippen molar-refractivity contribution in [3.63, 3.8) is 0 Å². The van der Waals surface area contributed by atoms with Crippen molar-refractivity contribution in [1.29, 1.82) is 0 Å². The highest BCUT2D eigenvalue weighted by atomic mass is 35.5. The van der Waals surface area contributed by atoms with Crippen molar-refractivity contribution < 1.29 is 13.2 Å². The van der Waals surface area contributed by atoms with Crippen LogP contribution in [0.25, 0.3) is 5.69 Å². The number of nitrogens with zero attached hydrogens (tertiary/aromatic N) is 2. The third-order valence-electron chi connectivity index (χ3n) is 2.54. The van der Waals surface area contributed by atoms with Gasteiger partial charge in [-0.3, -0.25) is 0 Å². The molecule has 2 aromatic rings. The summed E-state index contributed by atoms with van der Waals surface area (Å²) in [6.45, 7) is 1.62. The molecule has 0 N–H and O–H groups in total. The molecule has 0 unspecified atom stereocenters. The maximum absolute atomic E-state index is 12.8. The quantitative estimate of drug-likeness (QED) is 0.806. The molecule has 2 rings (SSSR count). The van der Waals surface area contributed by atoms with Crippen LogP contribution in [0.3, 0.4) is 0 Å². The number of alkyl halides is 3. The summed E-state index contributed by atoms with van der Waals surface area (Å²) in [6, 6.07) is 8.50. The van der Waals surface area contributed by atoms with Gasteiger partial charge in [-0.1, -0.05) is 36.7 Å². The second-order valence-corrected chi connectivity index (χ2v) is 4.07. The van der Waals surface area contributed by atoms with E-state index in [9.17, 15) is 13.2 Å². The Labute approximate surface area is 107 Å². The number of benzene rings is 1. The van der Waals surface area contributed by atoms with Gasteiger partial charge < -0.3 is 0 Å². The van der Waals surface area contributed by atoms with E-state index >= 15 is 0 Å². The lowest BCUT2D eigenvalue weighted by Crippen LogP contribution is -2.09. The SMILES string of the molecule is CCc1c(C(F)(F)F)nn(-c2ccccc2)c1Cl. The smallest absolute Gasteiger partial charge is 0.221 e. The molecule has 1 aromatic carbocycles. The lowest BCUT2D eigenvalue weighted by atomic mass is 10.2. The average Bonchev–Trinajstić information content (AvgIpc) is 2.67. The van der Waals surface area contributed by atoms with Gasteiger partial charge in [-0.25, -0.2) is 4.68 Å². The van der Waals surface area contributed by atoms with E-state index in [1.54, 1.807) is 37.3 Å². The highest BCUT2D eigenvalue weighted by Crippen LogP contribution is 2.35. The molecule has 0 amide bonds. The zero-order chi connectivity index (χ0) is 13.3. The highest BCUT2D eigenvalue weighted by molar-refractivity contribution is 6.30. The minimum Gasteiger partial charge on any atom is -0.221 e. The zero-order valence-corrected chi connectivity index (χ0v) is 10.3. The molecule has 1 aromatic heterocycles. The van der Waals surface area contributed by atoms with Gasteiger partial charge in [-0.2, -0.15) is 18.3 Å². The Morgan fingerprint density at radius 3 is 2.28 bits per heavy atom. The number of hydrogen-bond acceptors (Lipinski definition) is 1. The van der Waals surface area contributed by atoms with Crippen molar-refractivity contribution >= 4 is 11.6 Å². The molecule has 0 spiro atoms. The van der Waals surface area contributed by atoms with Gasteiger partial charge in [-0.05, 0) is 18.6 Å². The molecule has 18 heavy (non-hydrogen) atoms. The Bertz CT molecular complexity index is 546. The van der Waals surface area contributed by atoms with E-state index in [0.29, 0.717) is 5.69 Å². The zero-order valence-electron chi connectivity index (χ0n) is 9.50. The molecule has 0 atom stereocenters. The van der Waals surface area contributed by atoms with Gasteiger partial charge in [0, 0.05) is 5.56 Å². The summed E-state index contributed by atoms with van der Waals surface area (Å²) < 4.78 is 39.5. The Morgan fingerprint density at radius 2 is 1.83 bits per heavy atom. The summed E-state index contributed by atoms with van der Waals surface area (Å²) >= 11 is 5.97. The number of rotatable bonds is 2. The first-order chi connectivity index (χ1) is 8.45. The van der Waals surface area contributed by atoms with Crippen molar-refractivity contribution in [2.75, 3.05) is 0 Å². The molecular formula is C12H10ClF3N2. The van der Waals surface area contributed by atoms with Crippen molar-refractivity contribution in [3.05, 3.63) is 46.7 Å². The second-order valence-electron chi connectivity index (χ2n) is 3.72. The van der Waals surface area contributed by atoms with E-state index in [0.717, 1.165) is 4.68 Å². The summed E-state index contributed by atoms with van der Waals surface area (Å²) in [5, 5.41) is 3.59. The van der Waals surface area contributed by atoms with Crippen LogP contribution in [-0.2, 0) is 12.6 Å². The van der Waals surface area contributed by atoms with Gasteiger partial charge in [0.1, 0.15) is 5.15 Å². The molecule has 96 valence electrons. The Kier molecular flexibility index (Phi) is 3.34. The monoisotopic (exact) mass is 274 g/mol. The third-order valence-corrected chi connectivity index (χ3v) is 2.93. The molecule has 0 aliphatic heterocycles. The molecule has 0 aliphatic carbocycles. The average molecular weight is 275 g/mol. The predicted molar refractivity (Wildman–Crippen MR) is 63.0 cm³/mol. The van der Waals surface area contributed by atoms with Crippen LogP contribution in [-0.4, -0.2) is 9.78 Å². The van der Waals surface area contributed by atoms with Crippen LogP contribution in [0.15, 0.2) is 30.3 Å². The van der Waals surface area contributed by atoms with Crippen molar-refractivity contribution in [2.45, 2.75) is 19.5 Å². The third kappa shape index (κ3) is 2.22.